The van der Waals surface area contributed by atoms with Crippen molar-refractivity contribution in [2.45, 2.75) is 18.1 Å². The van der Waals surface area contributed by atoms with Gasteiger partial charge in [0, 0.05) is 27.9 Å². The molecule has 0 amide bonds. The molecular weight excluding hydrogens is 389 g/mol. The summed E-state index contributed by atoms with van der Waals surface area (Å²) in [5.41, 5.74) is 1.19. The number of carbonyl (C=O) groups is 1. The topological polar surface area (TPSA) is 79.5 Å². The van der Waals surface area contributed by atoms with Crippen LogP contribution in [0.3, 0.4) is 0 Å². The van der Waals surface area contributed by atoms with Crippen molar-refractivity contribution in [2.75, 3.05) is 7.11 Å². The van der Waals surface area contributed by atoms with Gasteiger partial charge in [-0.2, -0.15) is 5.26 Å². The summed E-state index contributed by atoms with van der Waals surface area (Å²) in [6.45, 7) is 0. The third-order valence-electron chi connectivity index (χ3n) is 4.35. The molecule has 2 aromatic rings. The molecule has 5 nitrogen and oxygen atoms in total. The quantitative estimate of drug-likeness (QED) is 0.772. The van der Waals surface area contributed by atoms with Gasteiger partial charge in [0.25, 0.3) is 0 Å². The molecule has 0 radical (unpaired) electrons. The second kappa shape index (κ2) is 7.61. The second-order valence-corrected chi connectivity index (χ2v) is 6.81. The van der Waals surface area contributed by atoms with E-state index in [-0.39, 0.29) is 17.8 Å². The van der Waals surface area contributed by atoms with Gasteiger partial charge < -0.3 is 14.6 Å². The summed E-state index contributed by atoms with van der Waals surface area (Å²) in [6.07, 6.45) is -0.262. The van der Waals surface area contributed by atoms with Gasteiger partial charge in [-0.05, 0) is 17.7 Å². The molecule has 1 N–H and O–H groups in total. The molecule has 2 atom stereocenters. The van der Waals surface area contributed by atoms with Crippen molar-refractivity contribution in [3.05, 3.63) is 75.3 Å². The lowest BCUT2D eigenvalue weighted by Gasteiger charge is -2.36. The predicted molar refractivity (Wildman–Crippen MR) is 101 cm³/mol. The monoisotopic (exact) mass is 403 g/mol. The van der Waals surface area contributed by atoms with Crippen LogP contribution in [0.4, 0.5) is 0 Å². The van der Waals surface area contributed by atoms with Crippen molar-refractivity contribution >= 4 is 34.9 Å². The zero-order valence-electron chi connectivity index (χ0n) is 14.3. The first-order chi connectivity index (χ1) is 12.9. The molecule has 0 aliphatic carbocycles. The van der Waals surface area contributed by atoms with Gasteiger partial charge in [0.15, 0.2) is 0 Å². The Kier molecular flexibility index (Phi) is 5.43. The maximum Gasteiger partial charge on any atom is 0.379 e. The van der Waals surface area contributed by atoms with Gasteiger partial charge in [0.2, 0.25) is 0 Å². The van der Waals surface area contributed by atoms with Crippen molar-refractivity contribution in [1.29, 1.82) is 5.26 Å². The molecule has 2 unspecified atom stereocenters. The molecule has 27 heavy (non-hydrogen) atoms. The molecule has 1 aliphatic rings. The number of nitriles is 1. The molecule has 7 heteroatoms. The van der Waals surface area contributed by atoms with Crippen LogP contribution in [0.25, 0.3) is 5.76 Å². The zero-order valence-corrected chi connectivity index (χ0v) is 15.8. The van der Waals surface area contributed by atoms with Crippen LogP contribution < -0.4 is 0 Å². The van der Waals surface area contributed by atoms with E-state index in [1.54, 1.807) is 48.5 Å². The van der Waals surface area contributed by atoms with E-state index >= 15 is 0 Å². The zero-order chi connectivity index (χ0) is 19.6. The SMILES string of the molecule is COC(=O)C1(O)CC(c2c(Cl)cccc2Cl)C(C#N)=C(c2ccccc2)O1. The van der Waals surface area contributed by atoms with E-state index in [4.69, 9.17) is 32.7 Å². The number of carbonyl (C=O) groups excluding carboxylic acids is 1. The minimum Gasteiger partial charge on any atom is -0.464 e. The smallest absolute Gasteiger partial charge is 0.379 e. The Hall–Kier alpha value is -2.52. The summed E-state index contributed by atoms with van der Waals surface area (Å²) in [5, 5.41) is 21.3. The number of hydrogen-bond acceptors (Lipinski definition) is 5. The highest BCUT2D eigenvalue weighted by Crippen LogP contribution is 2.47. The van der Waals surface area contributed by atoms with E-state index in [0.717, 1.165) is 7.11 Å². The number of hydrogen-bond donors (Lipinski definition) is 1. The Morgan fingerprint density at radius 1 is 1.22 bits per heavy atom. The molecule has 0 saturated carbocycles. The first-order valence-electron chi connectivity index (χ1n) is 8.04. The largest absolute Gasteiger partial charge is 0.464 e. The summed E-state index contributed by atoms with van der Waals surface area (Å²) in [6, 6.07) is 15.8. The lowest BCUT2D eigenvalue weighted by molar-refractivity contribution is -0.210. The highest BCUT2D eigenvalue weighted by Gasteiger charge is 2.49. The molecule has 1 heterocycles. The minimum absolute atomic E-state index is 0.0817. The minimum atomic E-state index is -2.28. The van der Waals surface area contributed by atoms with E-state index < -0.39 is 17.7 Å². The Bertz CT molecular complexity index is 932. The fraction of sp³-hybridized carbons (Fsp3) is 0.200. The lowest BCUT2D eigenvalue weighted by Crippen LogP contribution is -2.46. The first-order valence-corrected chi connectivity index (χ1v) is 8.80. The van der Waals surface area contributed by atoms with Crippen molar-refractivity contribution in [2.24, 2.45) is 0 Å². The first kappa shape index (κ1) is 19.2. The van der Waals surface area contributed by atoms with Crippen LogP contribution in [-0.4, -0.2) is 24.0 Å². The highest BCUT2D eigenvalue weighted by molar-refractivity contribution is 6.36. The van der Waals surface area contributed by atoms with E-state index in [9.17, 15) is 15.2 Å². The van der Waals surface area contributed by atoms with Crippen LogP contribution in [-0.2, 0) is 14.3 Å². The van der Waals surface area contributed by atoms with Gasteiger partial charge >= 0.3 is 11.8 Å². The van der Waals surface area contributed by atoms with E-state index in [0.29, 0.717) is 21.2 Å². The van der Waals surface area contributed by atoms with E-state index in [1.165, 1.54) is 0 Å². The van der Waals surface area contributed by atoms with E-state index in [1.807, 2.05) is 0 Å². The number of benzene rings is 2. The number of nitrogens with zero attached hydrogens (tertiary/aromatic N) is 1. The third kappa shape index (κ3) is 3.52. The molecule has 0 bridgehead atoms. The normalized spacial score (nSPS) is 22.0. The van der Waals surface area contributed by atoms with E-state index in [2.05, 4.69) is 6.07 Å². The van der Waals surface area contributed by atoms with Gasteiger partial charge in [-0.3, -0.25) is 0 Å². The summed E-state index contributed by atoms with van der Waals surface area (Å²) in [4.78, 5) is 12.2. The Balaban J connectivity index is 2.27. The summed E-state index contributed by atoms with van der Waals surface area (Å²) in [7, 11) is 1.15. The lowest BCUT2D eigenvalue weighted by atomic mass is 9.81. The molecule has 3 rings (SSSR count). The summed E-state index contributed by atoms with van der Waals surface area (Å²) >= 11 is 12.7. The summed E-state index contributed by atoms with van der Waals surface area (Å²) in [5.74, 6) is -3.93. The van der Waals surface area contributed by atoms with Crippen molar-refractivity contribution in [1.82, 2.24) is 0 Å². The highest BCUT2D eigenvalue weighted by atomic mass is 35.5. The third-order valence-corrected chi connectivity index (χ3v) is 5.01. The van der Waals surface area contributed by atoms with Gasteiger partial charge in [0.1, 0.15) is 5.76 Å². The Morgan fingerprint density at radius 3 is 2.41 bits per heavy atom. The number of halogens is 2. The Morgan fingerprint density at radius 2 is 1.85 bits per heavy atom. The number of rotatable bonds is 3. The standard InChI is InChI=1S/C20H15Cl2NO4/c1-26-19(24)20(25)10-13(17-15(21)8-5-9-16(17)22)14(11-23)18(27-20)12-6-3-2-4-7-12/h2-9,13,25H,10H2,1H3. The van der Waals surface area contributed by atoms with Crippen LogP contribution >= 0.6 is 23.2 Å². The van der Waals surface area contributed by atoms with Gasteiger partial charge in [-0.1, -0.05) is 59.6 Å². The van der Waals surface area contributed by atoms with Gasteiger partial charge in [-0.15, -0.1) is 0 Å². The summed E-state index contributed by atoms with van der Waals surface area (Å²) < 4.78 is 10.3. The van der Waals surface area contributed by atoms with Gasteiger partial charge in [0.05, 0.1) is 18.8 Å². The molecule has 0 fully saturated rings. The molecular formula is C20H15Cl2NO4. The number of allylic oxidation sites excluding steroid dienone is 1. The number of ether oxygens (including phenoxy) is 2. The van der Waals surface area contributed by atoms with Crippen LogP contribution in [0.1, 0.15) is 23.5 Å². The second-order valence-electron chi connectivity index (χ2n) is 5.99. The van der Waals surface area contributed by atoms with Crippen LogP contribution in [0.2, 0.25) is 10.0 Å². The molecule has 138 valence electrons. The fourth-order valence-electron chi connectivity index (χ4n) is 3.11. The van der Waals surface area contributed by atoms with Gasteiger partial charge in [-0.25, -0.2) is 4.79 Å². The van der Waals surface area contributed by atoms with Crippen molar-refractivity contribution < 1.29 is 19.4 Å². The Labute approximate surface area is 166 Å². The number of methoxy groups -OCH3 is 1. The molecule has 0 spiro atoms. The fourth-order valence-corrected chi connectivity index (χ4v) is 3.77. The van der Waals surface area contributed by atoms with Crippen LogP contribution in [0, 0.1) is 11.3 Å². The molecule has 0 saturated heterocycles. The molecule has 1 aliphatic heterocycles. The van der Waals surface area contributed by atoms with Crippen molar-refractivity contribution in [3.8, 4) is 6.07 Å². The average Bonchev–Trinajstić information content (AvgIpc) is 2.67. The van der Waals surface area contributed by atoms with Crippen LogP contribution in [0.5, 0.6) is 0 Å². The molecule has 2 aromatic carbocycles. The predicted octanol–water partition coefficient (Wildman–Crippen LogP) is 4.29. The average molecular weight is 404 g/mol. The number of aliphatic hydroxyl groups is 1. The van der Waals surface area contributed by atoms with Crippen LogP contribution in [0.15, 0.2) is 54.1 Å². The maximum absolute atomic E-state index is 12.2. The number of esters is 1. The molecule has 0 aromatic heterocycles. The van der Waals surface area contributed by atoms with Crippen molar-refractivity contribution in [3.63, 3.8) is 0 Å². The maximum atomic E-state index is 12.2.